The van der Waals surface area contributed by atoms with Gasteiger partial charge in [-0.25, -0.2) is 0 Å². The Labute approximate surface area is 248 Å². The van der Waals surface area contributed by atoms with Crippen molar-refractivity contribution in [3.05, 3.63) is 95.5 Å². The molecule has 0 aliphatic carbocycles. The molecule has 1 aliphatic heterocycles. The molecule has 210 valence electrons. The Morgan fingerprint density at radius 3 is 1.37 bits per heavy atom. The van der Waals surface area contributed by atoms with Crippen molar-refractivity contribution >= 4 is 59.5 Å². The van der Waals surface area contributed by atoms with Gasteiger partial charge in [0.15, 0.2) is 0 Å². The molecule has 0 bridgehead atoms. The molecule has 6 nitrogen and oxygen atoms in total. The molecule has 1 fully saturated rings. The van der Waals surface area contributed by atoms with Crippen LogP contribution in [0.1, 0.15) is 0 Å². The summed E-state index contributed by atoms with van der Waals surface area (Å²) < 4.78 is 5.57. The van der Waals surface area contributed by atoms with Gasteiger partial charge in [0.05, 0.1) is 25.3 Å². The number of aliphatic hydroxyl groups excluding tert-OH is 2. The SMILES string of the molecule is O[C@H](CN1CCN(C[C@@H](O)Cn2c3ccccc3c3cc(Br)ccc32)CC1)Cn1c2ccccc2c2ccccc21. The van der Waals surface area contributed by atoms with Crippen molar-refractivity contribution in [2.75, 3.05) is 39.3 Å². The lowest BCUT2D eigenvalue weighted by atomic mass is 10.2. The minimum Gasteiger partial charge on any atom is -0.390 e. The Morgan fingerprint density at radius 1 is 0.512 bits per heavy atom. The number of rotatable bonds is 8. The first-order valence-electron chi connectivity index (χ1n) is 14.5. The second-order valence-electron chi connectivity index (χ2n) is 11.3. The van der Waals surface area contributed by atoms with Gasteiger partial charge in [-0.15, -0.1) is 0 Å². The topological polar surface area (TPSA) is 56.8 Å². The van der Waals surface area contributed by atoms with Crippen LogP contribution >= 0.6 is 15.9 Å². The number of nitrogens with zero attached hydrogens (tertiary/aromatic N) is 4. The minimum atomic E-state index is -0.468. The number of β-amino-alcohol motifs (C(OH)–C–C–N with tert-alkyl or cyclic N) is 2. The molecule has 2 atom stereocenters. The molecule has 7 heteroatoms. The van der Waals surface area contributed by atoms with E-state index < -0.39 is 12.2 Å². The van der Waals surface area contributed by atoms with E-state index in [1.807, 2.05) is 0 Å². The third kappa shape index (κ3) is 5.18. The summed E-state index contributed by atoms with van der Waals surface area (Å²) in [5.74, 6) is 0. The van der Waals surface area contributed by atoms with E-state index in [-0.39, 0.29) is 0 Å². The van der Waals surface area contributed by atoms with Crippen LogP contribution in [0.5, 0.6) is 0 Å². The maximum Gasteiger partial charge on any atom is 0.0845 e. The van der Waals surface area contributed by atoms with E-state index >= 15 is 0 Å². The monoisotopic (exact) mass is 610 g/mol. The number of hydrogen-bond acceptors (Lipinski definition) is 4. The first-order chi connectivity index (χ1) is 20.0. The van der Waals surface area contributed by atoms with Gasteiger partial charge < -0.3 is 19.3 Å². The van der Waals surface area contributed by atoms with Gasteiger partial charge in [-0.2, -0.15) is 0 Å². The average Bonchev–Trinajstić information content (AvgIpc) is 3.46. The molecule has 0 amide bonds. The highest BCUT2D eigenvalue weighted by Gasteiger charge is 2.23. The smallest absolute Gasteiger partial charge is 0.0845 e. The molecule has 3 heterocycles. The molecule has 41 heavy (non-hydrogen) atoms. The number of para-hydroxylation sites is 3. The zero-order valence-electron chi connectivity index (χ0n) is 23.0. The van der Waals surface area contributed by atoms with Gasteiger partial charge in [0.2, 0.25) is 0 Å². The molecule has 4 aromatic carbocycles. The number of piperazine rings is 1. The molecule has 1 saturated heterocycles. The molecule has 7 rings (SSSR count). The highest BCUT2D eigenvalue weighted by Crippen LogP contribution is 2.32. The molecule has 0 saturated carbocycles. The summed E-state index contributed by atoms with van der Waals surface area (Å²) in [6.45, 7) is 5.97. The Bertz CT molecular complexity index is 1780. The van der Waals surface area contributed by atoms with Crippen molar-refractivity contribution < 1.29 is 10.2 Å². The van der Waals surface area contributed by atoms with Crippen LogP contribution < -0.4 is 0 Å². The standard InChI is InChI=1S/C34H35BrN4O2/c35-24-13-14-34-30(19-24)29-9-3-6-12-33(29)39(34)23-26(41)21-37-17-15-36(16-18-37)20-25(40)22-38-31-10-4-1-7-27(31)28-8-2-5-11-32(28)38/h1-14,19,25-26,40-41H,15-18,20-23H2/t25-,26-/m1/s1. The Hall–Kier alpha value is -3.20. The molecule has 0 spiro atoms. The summed E-state index contributed by atoms with van der Waals surface area (Å²) in [6, 6.07) is 31.7. The summed E-state index contributed by atoms with van der Waals surface area (Å²) in [5.41, 5.74) is 4.64. The van der Waals surface area contributed by atoms with Crippen molar-refractivity contribution in [3.63, 3.8) is 0 Å². The average molecular weight is 612 g/mol. The first kappa shape index (κ1) is 26.7. The molecule has 0 unspecified atom stereocenters. The third-order valence-corrected chi connectivity index (χ3v) is 9.10. The fraction of sp³-hybridized carbons (Fsp3) is 0.294. The van der Waals surface area contributed by atoms with Gasteiger partial charge in [-0.05, 0) is 36.4 Å². The van der Waals surface area contributed by atoms with E-state index in [2.05, 4.69) is 126 Å². The Balaban J connectivity index is 0.970. The van der Waals surface area contributed by atoms with E-state index in [9.17, 15) is 10.2 Å². The number of aliphatic hydroxyl groups is 2. The van der Waals surface area contributed by atoms with Crippen LogP contribution in [-0.4, -0.2) is 80.6 Å². The summed E-state index contributed by atoms with van der Waals surface area (Å²) in [4.78, 5) is 4.71. The van der Waals surface area contributed by atoms with Gasteiger partial charge in [0.1, 0.15) is 0 Å². The molecular weight excluding hydrogens is 576 g/mol. The van der Waals surface area contributed by atoms with Crippen LogP contribution in [0.2, 0.25) is 0 Å². The van der Waals surface area contributed by atoms with E-state index in [1.54, 1.807) is 0 Å². The van der Waals surface area contributed by atoms with Crippen molar-refractivity contribution in [2.45, 2.75) is 25.3 Å². The van der Waals surface area contributed by atoms with E-state index in [0.29, 0.717) is 26.2 Å². The predicted octanol–water partition coefficient (Wildman–Crippen LogP) is 5.70. The van der Waals surface area contributed by atoms with Gasteiger partial charge in [0, 0.05) is 87.4 Å². The highest BCUT2D eigenvalue weighted by atomic mass is 79.9. The minimum absolute atomic E-state index is 0.457. The van der Waals surface area contributed by atoms with E-state index in [1.165, 1.54) is 32.6 Å². The largest absolute Gasteiger partial charge is 0.390 e. The quantitative estimate of drug-likeness (QED) is 0.232. The Morgan fingerprint density at radius 2 is 0.902 bits per heavy atom. The zero-order chi connectivity index (χ0) is 27.9. The predicted molar refractivity (Wildman–Crippen MR) is 171 cm³/mol. The lowest BCUT2D eigenvalue weighted by Crippen LogP contribution is -2.50. The van der Waals surface area contributed by atoms with Crippen LogP contribution in [0.4, 0.5) is 0 Å². The number of fused-ring (bicyclic) bond motifs is 6. The highest BCUT2D eigenvalue weighted by molar-refractivity contribution is 9.10. The lowest BCUT2D eigenvalue weighted by Gasteiger charge is -2.36. The number of benzene rings is 4. The number of halogens is 1. The zero-order valence-corrected chi connectivity index (χ0v) is 24.6. The molecule has 2 aromatic heterocycles. The van der Waals surface area contributed by atoms with Crippen LogP contribution in [0.3, 0.4) is 0 Å². The van der Waals surface area contributed by atoms with Crippen LogP contribution in [-0.2, 0) is 13.1 Å². The first-order valence-corrected chi connectivity index (χ1v) is 15.3. The van der Waals surface area contributed by atoms with Crippen LogP contribution in [0, 0.1) is 0 Å². The van der Waals surface area contributed by atoms with Gasteiger partial charge in [-0.3, -0.25) is 9.80 Å². The second-order valence-corrected chi connectivity index (χ2v) is 12.3. The van der Waals surface area contributed by atoms with Crippen molar-refractivity contribution in [1.29, 1.82) is 0 Å². The van der Waals surface area contributed by atoms with Crippen molar-refractivity contribution in [3.8, 4) is 0 Å². The molecule has 0 radical (unpaired) electrons. The van der Waals surface area contributed by atoms with Crippen LogP contribution in [0.25, 0.3) is 43.6 Å². The maximum atomic E-state index is 11.1. The molecule has 6 aromatic rings. The number of hydrogen-bond donors (Lipinski definition) is 2. The van der Waals surface area contributed by atoms with Crippen molar-refractivity contribution in [2.24, 2.45) is 0 Å². The summed E-state index contributed by atoms with van der Waals surface area (Å²) in [7, 11) is 0. The summed E-state index contributed by atoms with van der Waals surface area (Å²) in [5, 5.41) is 27.1. The lowest BCUT2D eigenvalue weighted by molar-refractivity contribution is 0.0415. The number of aromatic nitrogens is 2. The van der Waals surface area contributed by atoms with Gasteiger partial charge in [0.25, 0.3) is 0 Å². The molecular formula is C34H35BrN4O2. The summed E-state index contributed by atoms with van der Waals surface area (Å²) in [6.07, 6.45) is -0.924. The maximum absolute atomic E-state index is 11.1. The summed E-state index contributed by atoms with van der Waals surface area (Å²) >= 11 is 3.61. The van der Waals surface area contributed by atoms with Gasteiger partial charge in [-0.1, -0.05) is 70.5 Å². The van der Waals surface area contributed by atoms with E-state index in [0.717, 1.165) is 41.7 Å². The van der Waals surface area contributed by atoms with Crippen LogP contribution in [0.15, 0.2) is 95.5 Å². The molecule has 1 aliphatic rings. The second kappa shape index (κ2) is 11.2. The Kier molecular flexibility index (Phi) is 7.31. The van der Waals surface area contributed by atoms with Crippen molar-refractivity contribution in [1.82, 2.24) is 18.9 Å². The van der Waals surface area contributed by atoms with E-state index in [4.69, 9.17) is 0 Å². The normalized spacial score (nSPS) is 16.8. The fourth-order valence-corrected chi connectivity index (χ4v) is 7.07. The van der Waals surface area contributed by atoms with Gasteiger partial charge >= 0.3 is 0 Å². The fourth-order valence-electron chi connectivity index (χ4n) is 6.71. The molecule has 2 N–H and O–H groups in total. The third-order valence-electron chi connectivity index (χ3n) is 8.60.